The number of amides is 2. The van der Waals surface area contributed by atoms with Crippen molar-refractivity contribution in [2.45, 2.75) is 46.5 Å². The van der Waals surface area contributed by atoms with E-state index in [-0.39, 0.29) is 29.7 Å². The zero-order chi connectivity index (χ0) is 23.2. The highest BCUT2D eigenvalue weighted by Crippen LogP contribution is 2.29. The van der Waals surface area contributed by atoms with Crippen molar-refractivity contribution in [3.05, 3.63) is 41.0 Å². The third-order valence-corrected chi connectivity index (χ3v) is 4.98. The van der Waals surface area contributed by atoms with Gasteiger partial charge in [0.2, 0.25) is 11.8 Å². The fourth-order valence-corrected chi connectivity index (χ4v) is 3.19. The average molecular weight is 449 g/mol. The number of ether oxygens (including phenoxy) is 1. The Kier molecular flexibility index (Phi) is 8.65. The zero-order valence-electron chi connectivity index (χ0n) is 19.2. The molecule has 0 aliphatic rings. The van der Waals surface area contributed by atoms with Gasteiger partial charge in [-0.1, -0.05) is 58.4 Å². The van der Waals surface area contributed by atoms with Gasteiger partial charge in [0.25, 0.3) is 0 Å². The van der Waals surface area contributed by atoms with Crippen LogP contribution in [0.15, 0.2) is 30.3 Å². The first-order valence-electron chi connectivity index (χ1n) is 10.4. The van der Waals surface area contributed by atoms with E-state index >= 15 is 0 Å². The number of hydrogen-bond acceptors (Lipinski definition) is 4. The van der Waals surface area contributed by atoms with Gasteiger partial charge in [-0.3, -0.25) is 9.59 Å². The smallest absolute Gasteiger partial charge is 0.245 e. The SMILES string of the molecule is COCCN(CC(=O)Nc1cc(C(C)(C)C)nn1-c1ccccc1Cl)C(=O)CC(C)C. The van der Waals surface area contributed by atoms with Gasteiger partial charge < -0.3 is 15.0 Å². The molecular formula is C23H33ClN4O3. The Balaban J connectivity index is 2.29. The highest BCUT2D eigenvalue weighted by molar-refractivity contribution is 6.32. The molecule has 0 radical (unpaired) electrons. The molecule has 2 aromatic rings. The van der Waals surface area contributed by atoms with Crippen molar-refractivity contribution in [3.8, 4) is 5.69 Å². The molecule has 0 saturated heterocycles. The van der Waals surface area contributed by atoms with Crippen LogP contribution < -0.4 is 5.32 Å². The van der Waals surface area contributed by atoms with E-state index in [1.807, 2.05) is 38.1 Å². The number of nitrogens with one attached hydrogen (secondary N) is 1. The summed E-state index contributed by atoms with van der Waals surface area (Å²) in [4.78, 5) is 27.0. The van der Waals surface area contributed by atoms with E-state index in [1.54, 1.807) is 17.9 Å². The summed E-state index contributed by atoms with van der Waals surface area (Å²) in [5.41, 5.74) is 1.26. The topological polar surface area (TPSA) is 76.5 Å². The van der Waals surface area contributed by atoms with Crippen LogP contribution in [0, 0.1) is 5.92 Å². The van der Waals surface area contributed by atoms with Crippen LogP contribution in [0.2, 0.25) is 5.02 Å². The lowest BCUT2D eigenvalue weighted by molar-refractivity contribution is -0.136. The van der Waals surface area contributed by atoms with Crippen LogP contribution in [0.25, 0.3) is 5.69 Å². The van der Waals surface area contributed by atoms with Crippen molar-refractivity contribution in [1.82, 2.24) is 14.7 Å². The van der Waals surface area contributed by atoms with Gasteiger partial charge in [0.1, 0.15) is 5.82 Å². The van der Waals surface area contributed by atoms with Crippen molar-refractivity contribution >= 4 is 29.2 Å². The summed E-state index contributed by atoms with van der Waals surface area (Å²) in [5.74, 6) is 0.335. The number of rotatable bonds is 9. The van der Waals surface area contributed by atoms with Crippen LogP contribution >= 0.6 is 11.6 Å². The summed E-state index contributed by atoms with van der Waals surface area (Å²) < 4.78 is 6.74. The van der Waals surface area contributed by atoms with Gasteiger partial charge in [0.15, 0.2) is 0 Å². The van der Waals surface area contributed by atoms with E-state index in [0.29, 0.717) is 36.1 Å². The van der Waals surface area contributed by atoms with Gasteiger partial charge in [-0.05, 0) is 18.1 Å². The molecule has 8 heteroatoms. The summed E-state index contributed by atoms with van der Waals surface area (Å²) in [6.45, 7) is 10.8. The van der Waals surface area contributed by atoms with Crippen molar-refractivity contribution in [2.24, 2.45) is 5.92 Å². The third-order valence-electron chi connectivity index (χ3n) is 4.66. The zero-order valence-corrected chi connectivity index (χ0v) is 20.0. The van der Waals surface area contributed by atoms with E-state index in [0.717, 1.165) is 5.69 Å². The normalized spacial score (nSPS) is 11.6. The van der Waals surface area contributed by atoms with Crippen molar-refractivity contribution in [1.29, 1.82) is 0 Å². The lowest BCUT2D eigenvalue weighted by atomic mass is 9.92. The second kappa shape index (κ2) is 10.8. The first-order valence-corrected chi connectivity index (χ1v) is 10.8. The van der Waals surface area contributed by atoms with E-state index in [2.05, 4.69) is 31.2 Å². The Hall–Kier alpha value is -2.38. The van der Waals surface area contributed by atoms with Crippen LogP contribution in [-0.2, 0) is 19.7 Å². The van der Waals surface area contributed by atoms with Gasteiger partial charge in [-0.25, -0.2) is 4.68 Å². The standard InChI is InChI=1S/C23H33ClN4O3/c1-16(2)13-22(30)27(11-12-31-6)15-21(29)25-20-14-19(23(3,4)5)26-28(20)18-10-8-7-9-17(18)24/h7-10,14,16H,11-13,15H2,1-6H3,(H,25,29). The molecule has 1 aromatic carbocycles. The summed E-state index contributed by atoms with van der Waals surface area (Å²) in [7, 11) is 1.57. The molecule has 0 fully saturated rings. The number of methoxy groups -OCH3 is 1. The van der Waals surface area contributed by atoms with Crippen LogP contribution in [0.3, 0.4) is 0 Å². The Morgan fingerprint density at radius 3 is 2.52 bits per heavy atom. The average Bonchev–Trinajstić information content (AvgIpc) is 3.08. The predicted octanol–water partition coefficient (Wildman–Crippen LogP) is 4.28. The number of carbonyl (C=O) groups is 2. The molecule has 0 atom stereocenters. The number of benzene rings is 1. The summed E-state index contributed by atoms with van der Waals surface area (Å²) >= 11 is 6.38. The van der Waals surface area contributed by atoms with Crippen LogP contribution in [-0.4, -0.2) is 53.3 Å². The molecule has 7 nitrogen and oxygen atoms in total. The first-order chi connectivity index (χ1) is 14.5. The molecule has 31 heavy (non-hydrogen) atoms. The number of halogens is 1. The first kappa shape index (κ1) is 24.9. The van der Waals surface area contributed by atoms with Crippen LogP contribution in [0.1, 0.15) is 46.7 Å². The molecule has 0 spiro atoms. The van der Waals surface area contributed by atoms with Crippen molar-refractivity contribution < 1.29 is 14.3 Å². The minimum Gasteiger partial charge on any atom is -0.383 e. The van der Waals surface area contributed by atoms with E-state index in [1.165, 1.54) is 4.90 Å². The van der Waals surface area contributed by atoms with Gasteiger partial charge in [0.05, 0.1) is 29.6 Å². The van der Waals surface area contributed by atoms with Gasteiger partial charge >= 0.3 is 0 Å². The lowest BCUT2D eigenvalue weighted by Gasteiger charge is -2.23. The highest BCUT2D eigenvalue weighted by atomic mass is 35.5. The summed E-state index contributed by atoms with van der Waals surface area (Å²) in [6.07, 6.45) is 0.378. The second-order valence-electron chi connectivity index (χ2n) is 8.98. The largest absolute Gasteiger partial charge is 0.383 e. The molecule has 2 amide bonds. The number of aromatic nitrogens is 2. The van der Waals surface area contributed by atoms with Gasteiger partial charge in [-0.2, -0.15) is 5.10 Å². The maximum Gasteiger partial charge on any atom is 0.245 e. The number of nitrogens with zero attached hydrogens (tertiary/aromatic N) is 3. The van der Waals surface area contributed by atoms with E-state index in [4.69, 9.17) is 16.3 Å². The Labute approximate surface area is 189 Å². The highest BCUT2D eigenvalue weighted by Gasteiger charge is 2.24. The Morgan fingerprint density at radius 2 is 1.94 bits per heavy atom. The maximum absolute atomic E-state index is 12.9. The third kappa shape index (κ3) is 7.08. The fourth-order valence-electron chi connectivity index (χ4n) is 2.97. The molecule has 1 heterocycles. The molecular weight excluding hydrogens is 416 g/mol. The molecule has 1 aromatic heterocycles. The van der Waals surface area contributed by atoms with Crippen molar-refractivity contribution in [3.63, 3.8) is 0 Å². The number of para-hydroxylation sites is 1. The number of carbonyl (C=O) groups excluding carboxylic acids is 2. The van der Waals surface area contributed by atoms with Gasteiger partial charge in [-0.15, -0.1) is 0 Å². The molecule has 170 valence electrons. The summed E-state index contributed by atoms with van der Waals surface area (Å²) in [6, 6.07) is 9.16. The number of anilines is 1. The molecule has 1 N–H and O–H groups in total. The summed E-state index contributed by atoms with van der Waals surface area (Å²) in [5, 5.41) is 8.12. The van der Waals surface area contributed by atoms with Crippen LogP contribution in [0.5, 0.6) is 0 Å². The minimum atomic E-state index is -0.304. The fraction of sp³-hybridized carbons (Fsp3) is 0.522. The molecule has 0 bridgehead atoms. The molecule has 2 rings (SSSR count). The molecule has 0 aliphatic heterocycles. The monoisotopic (exact) mass is 448 g/mol. The maximum atomic E-state index is 12.9. The minimum absolute atomic E-state index is 0.0620. The second-order valence-corrected chi connectivity index (χ2v) is 9.39. The van der Waals surface area contributed by atoms with Crippen molar-refractivity contribution in [2.75, 3.05) is 32.1 Å². The Bertz CT molecular complexity index is 902. The lowest BCUT2D eigenvalue weighted by Crippen LogP contribution is -2.40. The van der Waals surface area contributed by atoms with Crippen LogP contribution in [0.4, 0.5) is 5.82 Å². The molecule has 0 saturated carbocycles. The van der Waals surface area contributed by atoms with Gasteiger partial charge in [0, 0.05) is 31.6 Å². The van der Waals surface area contributed by atoms with E-state index < -0.39 is 0 Å². The number of hydrogen-bond donors (Lipinski definition) is 1. The predicted molar refractivity (Wildman–Crippen MR) is 124 cm³/mol. The Morgan fingerprint density at radius 1 is 1.26 bits per heavy atom. The van der Waals surface area contributed by atoms with E-state index in [9.17, 15) is 9.59 Å². The molecule has 0 aliphatic carbocycles. The quantitative estimate of drug-likeness (QED) is 0.621. The molecule has 0 unspecified atom stereocenters.